The molecule has 1 N–H and O–H groups in total. The molecule has 1 aliphatic carbocycles. The van der Waals surface area contributed by atoms with Gasteiger partial charge in [0.15, 0.2) is 0 Å². The van der Waals surface area contributed by atoms with Gasteiger partial charge in [0.1, 0.15) is 0 Å². The van der Waals surface area contributed by atoms with E-state index in [1.54, 1.807) is 0 Å². The summed E-state index contributed by atoms with van der Waals surface area (Å²) in [6.45, 7) is 7.37. The molecule has 0 aromatic carbocycles. The van der Waals surface area contributed by atoms with E-state index in [1.165, 1.54) is 58.3 Å². The van der Waals surface area contributed by atoms with E-state index in [-0.39, 0.29) is 0 Å². The maximum atomic E-state index is 3.48. The van der Waals surface area contributed by atoms with Crippen molar-refractivity contribution in [1.29, 1.82) is 0 Å². The first-order valence-electron chi connectivity index (χ1n) is 5.83. The van der Waals surface area contributed by atoms with E-state index < -0.39 is 0 Å². The van der Waals surface area contributed by atoms with Crippen molar-refractivity contribution in [2.24, 2.45) is 0 Å². The summed E-state index contributed by atoms with van der Waals surface area (Å²) in [5, 5.41) is 3.48. The molecule has 2 aliphatic rings. The Bertz CT molecular complexity index is 150. The van der Waals surface area contributed by atoms with E-state index in [1.807, 2.05) is 0 Å². The molecule has 2 heteroatoms. The lowest BCUT2D eigenvalue weighted by Crippen LogP contribution is -2.54. The highest BCUT2D eigenvalue weighted by atomic mass is 15.2. The second-order valence-electron chi connectivity index (χ2n) is 4.52. The van der Waals surface area contributed by atoms with Gasteiger partial charge in [-0.05, 0) is 45.2 Å². The Kier molecular flexibility index (Phi) is 2.89. The van der Waals surface area contributed by atoms with Gasteiger partial charge in [-0.3, -0.25) is 4.90 Å². The molecular weight excluding hydrogens is 160 g/mol. The van der Waals surface area contributed by atoms with Gasteiger partial charge >= 0.3 is 0 Å². The normalized spacial score (nSPS) is 29.3. The van der Waals surface area contributed by atoms with Crippen LogP contribution in [0.1, 0.15) is 39.0 Å². The number of nitrogens with zero attached hydrogens (tertiary/aromatic N) is 1. The highest BCUT2D eigenvalue weighted by Crippen LogP contribution is 2.40. The van der Waals surface area contributed by atoms with Crippen molar-refractivity contribution in [2.45, 2.75) is 44.6 Å². The number of hydrogen-bond donors (Lipinski definition) is 1. The number of rotatable bonds is 2. The fourth-order valence-electron chi connectivity index (χ4n) is 2.80. The van der Waals surface area contributed by atoms with Crippen molar-refractivity contribution in [3.8, 4) is 0 Å². The average molecular weight is 182 g/mol. The summed E-state index contributed by atoms with van der Waals surface area (Å²) in [5.41, 5.74) is 0.617. The summed E-state index contributed by atoms with van der Waals surface area (Å²) in [7, 11) is 0. The van der Waals surface area contributed by atoms with Gasteiger partial charge in [0.05, 0.1) is 0 Å². The molecule has 0 bridgehead atoms. The molecular formula is C11H22N2. The van der Waals surface area contributed by atoms with Crippen LogP contribution < -0.4 is 5.32 Å². The molecule has 0 unspecified atom stereocenters. The molecule has 13 heavy (non-hydrogen) atoms. The first kappa shape index (κ1) is 9.47. The molecule has 0 amide bonds. The Balaban J connectivity index is 1.95. The van der Waals surface area contributed by atoms with Crippen molar-refractivity contribution < 1.29 is 0 Å². The molecule has 76 valence electrons. The molecule has 1 aliphatic heterocycles. The summed E-state index contributed by atoms with van der Waals surface area (Å²) >= 11 is 0. The Morgan fingerprint density at radius 2 is 2.00 bits per heavy atom. The van der Waals surface area contributed by atoms with Gasteiger partial charge in [-0.2, -0.15) is 0 Å². The smallest absolute Gasteiger partial charge is 0.0207 e. The predicted octanol–water partition coefficient (Wildman–Crippen LogP) is 1.61. The van der Waals surface area contributed by atoms with Crippen LogP contribution in [0, 0.1) is 0 Å². The first-order chi connectivity index (χ1) is 6.37. The summed E-state index contributed by atoms with van der Waals surface area (Å²) in [6, 6.07) is 0. The van der Waals surface area contributed by atoms with Crippen molar-refractivity contribution in [1.82, 2.24) is 10.2 Å². The fourth-order valence-corrected chi connectivity index (χ4v) is 2.80. The van der Waals surface area contributed by atoms with Crippen molar-refractivity contribution in [3.05, 3.63) is 0 Å². The van der Waals surface area contributed by atoms with Crippen LogP contribution in [0.25, 0.3) is 0 Å². The summed E-state index contributed by atoms with van der Waals surface area (Å²) in [4.78, 5) is 2.75. The molecule has 1 heterocycles. The number of hydrogen-bond acceptors (Lipinski definition) is 2. The van der Waals surface area contributed by atoms with E-state index in [0.717, 1.165) is 0 Å². The molecule has 0 spiro atoms. The molecule has 0 aromatic rings. The topological polar surface area (TPSA) is 15.3 Å². The minimum Gasteiger partial charge on any atom is -0.315 e. The molecule has 0 aromatic heterocycles. The summed E-state index contributed by atoms with van der Waals surface area (Å²) in [6.07, 6.45) is 7.04. The third kappa shape index (κ3) is 1.75. The lowest BCUT2D eigenvalue weighted by molar-refractivity contribution is 0.0174. The standard InChI is InChI=1S/C11H22N2/c1-2-11(5-3-6-11)13-9-4-7-12-8-10-13/h12H,2-10H2,1H3. The van der Waals surface area contributed by atoms with Crippen LogP contribution in [0.4, 0.5) is 0 Å². The van der Waals surface area contributed by atoms with Crippen molar-refractivity contribution >= 4 is 0 Å². The molecule has 0 atom stereocenters. The summed E-state index contributed by atoms with van der Waals surface area (Å²) in [5.74, 6) is 0. The van der Waals surface area contributed by atoms with Gasteiger partial charge in [-0.15, -0.1) is 0 Å². The van der Waals surface area contributed by atoms with Crippen LogP contribution in [0.2, 0.25) is 0 Å². The lowest BCUT2D eigenvalue weighted by atomic mass is 9.73. The van der Waals surface area contributed by atoms with Gasteiger partial charge < -0.3 is 5.32 Å². The largest absolute Gasteiger partial charge is 0.315 e. The van der Waals surface area contributed by atoms with E-state index in [2.05, 4.69) is 17.1 Å². The zero-order chi connectivity index (χ0) is 9.15. The van der Waals surface area contributed by atoms with Crippen LogP contribution in [0.3, 0.4) is 0 Å². The van der Waals surface area contributed by atoms with Gasteiger partial charge in [-0.25, -0.2) is 0 Å². The maximum absolute atomic E-state index is 3.48. The highest BCUT2D eigenvalue weighted by Gasteiger charge is 2.40. The fraction of sp³-hybridized carbons (Fsp3) is 1.00. The van der Waals surface area contributed by atoms with Crippen LogP contribution >= 0.6 is 0 Å². The van der Waals surface area contributed by atoms with Gasteiger partial charge in [0.25, 0.3) is 0 Å². The Morgan fingerprint density at radius 3 is 2.62 bits per heavy atom. The second-order valence-corrected chi connectivity index (χ2v) is 4.52. The van der Waals surface area contributed by atoms with Gasteiger partial charge in [0.2, 0.25) is 0 Å². The number of nitrogens with one attached hydrogen (secondary N) is 1. The third-order valence-electron chi connectivity index (χ3n) is 3.95. The van der Waals surface area contributed by atoms with E-state index in [0.29, 0.717) is 5.54 Å². The van der Waals surface area contributed by atoms with Gasteiger partial charge in [0, 0.05) is 18.6 Å². The van der Waals surface area contributed by atoms with E-state index >= 15 is 0 Å². The Labute approximate surface area is 81.7 Å². The van der Waals surface area contributed by atoms with Crippen molar-refractivity contribution in [2.75, 3.05) is 26.2 Å². The minimum absolute atomic E-state index is 0.617. The monoisotopic (exact) mass is 182 g/mol. The lowest BCUT2D eigenvalue weighted by Gasteiger charge is -2.50. The van der Waals surface area contributed by atoms with Crippen LogP contribution in [0.15, 0.2) is 0 Å². The SMILES string of the molecule is CCC1(N2CCCNCC2)CCC1. The molecule has 2 rings (SSSR count). The molecule has 1 saturated carbocycles. The molecule has 2 fully saturated rings. The maximum Gasteiger partial charge on any atom is 0.0207 e. The third-order valence-corrected chi connectivity index (χ3v) is 3.95. The predicted molar refractivity (Wildman–Crippen MR) is 55.9 cm³/mol. The van der Waals surface area contributed by atoms with Gasteiger partial charge in [-0.1, -0.05) is 6.92 Å². The van der Waals surface area contributed by atoms with Crippen LogP contribution in [0.5, 0.6) is 0 Å². The van der Waals surface area contributed by atoms with Crippen LogP contribution in [-0.2, 0) is 0 Å². The zero-order valence-corrected chi connectivity index (χ0v) is 8.81. The average Bonchev–Trinajstić information content (AvgIpc) is 2.32. The quantitative estimate of drug-likeness (QED) is 0.698. The molecule has 1 saturated heterocycles. The molecule has 2 nitrogen and oxygen atoms in total. The van der Waals surface area contributed by atoms with E-state index in [4.69, 9.17) is 0 Å². The van der Waals surface area contributed by atoms with Crippen LogP contribution in [-0.4, -0.2) is 36.6 Å². The first-order valence-corrected chi connectivity index (χ1v) is 5.83. The second kappa shape index (κ2) is 3.97. The van der Waals surface area contributed by atoms with Crippen molar-refractivity contribution in [3.63, 3.8) is 0 Å². The summed E-state index contributed by atoms with van der Waals surface area (Å²) < 4.78 is 0. The van der Waals surface area contributed by atoms with E-state index in [9.17, 15) is 0 Å². The zero-order valence-electron chi connectivity index (χ0n) is 8.81. The minimum atomic E-state index is 0.617. The Hall–Kier alpha value is -0.0800. The molecule has 0 radical (unpaired) electrons. The highest BCUT2D eigenvalue weighted by molar-refractivity contribution is 4.97. The Morgan fingerprint density at radius 1 is 1.15 bits per heavy atom.